The van der Waals surface area contributed by atoms with E-state index < -0.39 is 0 Å². The second kappa shape index (κ2) is 7.59. The quantitative estimate of drug-likeness (QED) is 0.616. The number of fused-ring (bicyclic) bond motifs is 1. The van der Waals surface area contributed by atoms with Gasteiger partial charge >= 0.3 is 0 Å². The number of imidazole rings is 1. The summed E-state index contributed by atoms with van der Waals surface area (Å²) in [5.74, 6) is 0. The Morgan fingerprint density at radius 3 is 2.61 bits per heavy atom. The Bertz CT molecular complexity index is 768. The van der Waals surface area contributed by atoms with Crippen molar-refractivity contribution in [3.63, 3.8) is 0 Å². The van der Waals surface area contributed by atoms with Gasteiger partial charge in [-0.1, -0.05) is 29.8 Å². The second-order valence-corrected chi connectivity index (χ2v) is 5.80. The van der Waals surface area contributed by atoms with Gasteiger partial charge in [0.1, 0.15) is 0 Å². The SMILES string of the molecule is COCCOCc1ccc2c(c1)ncn2Cc1ccc(Cl)cc1. The molecule has 1 aromatic heterocycles. The highest BCUT2D eigenvalue weighted by molar-refractivity contribution is 6.30. The summed E-state index contributed by atoms with van der Waals surface area (Å²) in [7, 11) is 1.67. The van der Waals surface area contributed by atoms with Gasteiger partial charge in [0.25, 0.3) is 0 Å². The van der Waals surface area contributed by atoms with Crippen LogP contribution in [0.1, 0.15) is 11.1 Å². The fourth-order valence-electron chi connectivity index (χ4n) is 2.44. The van der Waals surface area contributed by atoms with Crippen LogP contribution in [-0.2, 0) is 22.6 Å². The van der Waals surface area contributed by atoms with E-state index in [0.717, 1.165) is 28.2 Å². The van der Waals surface area contributed by atoms with Crippen LogP contribution in [0.25, 0.3) is 11.0 Å². The molecule has 0 N–H and O–H groups in total. The molecule has 0 aliphatic carbocycles. The van der Waals surface area contributed by atoms with Crippen molar-refractivity contribution >= 4 is 22.6 Å². The van der Waals surface area contributed by atoms with Crippen molar-refractivity contribution in [1.29, 1.82) is 0 Å². The van der Waals surface area contributed by atoms with Crippen LogP contribution in [0.2, 0.25) is 5.02 Å². The van der Waals surface area contributed by atoms with E-state index in [9.17, 15) is 0 Å². The van der Waals surface area contributed by atoms with Gasteiger partial charge in [-0.15, -0.1) is 0 Å². The molecular weight excluding hydrogens is 312 g/mol. The zero-order chi connectivity index (χ0) is 16.1. The van der Waals surface area contributed by atoms with Gasteiger partial charge in [0.05, 0.1) is 37.2 Å². The molecule has 1 heterocycles. The van der Waals surface area contributed by atoms with Crippen molar-refractivity contribution in [2.75, 3.05) is 20.3 Å². The van der Waals surface area contributed by atoms with Crippen LogP contribution in [-0.4, -0.2) is 29.9 Å². The first-order valence-electron chi connectivity index (χ1n) is 7.51. The molecule has 0 saturated heterocycles. The van der Waals surface area contributed by atoms with Gasteiger partial charge in [0.15, 0.2) is 0 Å². The summed E-state index contributed by atoms with van der Waals surface area (Å²) in [5, 5.41) is 0.752. The Labute approximate surface area is 140 Å². The standard InChI is InChI=1S/C18H19ClN2O2/c1-22-8-9-23-12-15-4-7-18-17(10-15)20-13-21(18)11-14-2-5-16(19)6-3-14/h2-7,10,13H,8-9,11-12H2,1H3. The monoisotopic (exact) mass is 330 g/mol. The van der Waals surface area contributed by atoms with Crippen molar-refractivity contribution in [3.8, 4) is 0 Å². The predicted octanol–water partition coefficient (Wildman–Crippen LogP) is 3.90. The summed E-state index contributed by atoms with van der Waals surface area (Å²) in [6, 6.07) is 14.1. The van der Waals surface area contributed by atoms with Gasteiger partial charge in [0, 0.05) is 18.7 Å². The smallest absolute Gasteiger partial charge is 0.0961 e. The molecule has 0 radical (unpaired) electrons. The Morgan fingerprint density at radius 1 is 1.04 bits per heavy atom. The lowest BCUT2D eigenvalue weighted by Gasteiger charge is -2.06. The molecule has 0 bridgehead atoms. The minimum Gasteiger partial charge on any atom is -0.382 e. The van der Waals surface area contributed by atoms with E-state index in [0.29, 0.717) is 19.8 Å². The van der Waals surface area contributed by atoms with Crippen LogP contribution in [0.5, 0.6) is 0 Å². The normalized spacial score (nSPS) is 11.2. The van der Waals surface area contributed by atoms with Crippen LogP contribution in [0, 0.1) is 0 Å². The first kappa shape index (κ1) is 16.0. The maximum Gasteiger partial charge on any atom is 0.0961 e. The van der Waals surface area contributed by atoms with Crippen molar-refractivity contribution in [1.82, 2.24) is 9.55 Å². The second-order valence-electron chi connectivity index (χ2n) is 5.37. The molecule has 0 fully saturated rings. The van der Waals surface area contributed by atoms with Crippen molar-refractivity contribution < 1.29 is 9.47 Å². The van der Waals surface area contributed by atoms with Gasteiger partial charge in [-0.25, -0.2) is 4.98 Å². The number of rotatable bonds is 7. The summed E-state index contributed by atoms with van der Waals surface area (Å²) < 4.78 is 12.7. The number of benzene rings is 2. The molecule has 0 aliphatic heterocycles. The van der Waals surface area contributed by atoms with Crippen molar-refractivity contribution in [2.24, 2.45) is 0 Å². The summed E-state index contributed by atoms with van der Waals surface area (Å²) >= 11 is 5.93. The van der Waals surface area contributed by atoms with E-state index in [4.69, 9.17) is 21.1 Å². The van der Waals surface area contributed by atoms with E-state index in [1.165, 1.54) is 5.56 Å². The Balaban J connectivity index is 1.72. The minimum absolute atomic E-state index is 0.573. The van der Waals surface area contributed by atoms with E-state index in [-0.39, 0.29) is 0 Å². The predicted molar refractivity (Wildman–Crippen MR) is 91.8 cm³/mol. The Kier molecular flexibility index (Phi) is 5.28. The number of aromatic nitrogens is 2. The summed E-state index contributed by atoms with van der Waals surface area (Å²) in [5.41, 5.74) is 4.40. The molecule has 0 atom stereocenters. The number of halogens is 1. The number of methoxy groups -OCH3 is 1. The van der Waals surface area contributed by atoms with Crippen LogP contribution >= 0.6 is 11.6 Å². The highest BCUT2D eigenvalue weighted by Gasteiger charge is 2.05. The van der Waals surface area contributed by atoms with E-state index in [1.54, 1.807) is 7.11 Å². The first-order chi connectivity index (χ1) is 11.3. The topological polar surface area (TPSA) is 36.3 Å². The fourth-order valence-corrected chi connectivity index (χ4v) is 2.57. The highest BCUT2D eigenvalue weighted by atomic mass is 35.5. The van der Waals surface area contributed by atoms with Gasteiger partial charge in [0.2, 0.25) is 0 Å². The Hall–Kier alpha value is -1.88. The lowest BCUT2D eigenvalue weighted by molar-refractivity contribution is 0.0617. The van der Waals surface area contributed by atoms with Gasteiger partial charge in [-0.2, -0.15) is 0 Å². The lowest BCUT2D eigenvalue weighted by atomic mass is 10.2. The molecular formula is C18H19ClN2O2. The molecule has 3 aromatic rings. The summed E-state index contributed by atoms with van der Waals surface area (Å²) in [6.45, 7) is 2.55. The molecule has 0 amide bonds. The molecule has 2 aromatic carbocycles. The van der Waals surface area contributed by atoms with Crippen LogP contribution < -0.4 is 0 Å². The minimum atomic E-state index is 0.573. The maximum atomic E-state index is 5.93. The van der Waals surface area contributed by atoms with Gasteiger partial charge in [-0.05, 0) is 35.4 Å². The van der Waals surface area contributed by atoms with Crippen LogP contribution in [0.3, 0.4) is 0 Å². The molecule has 4 nitrogen and oxygen atoms in total. The zero-order valence-electron chi connectivity index (χ0n) is 13.0. The third-order valence-electron chi connectivity index (χ3n) is 3.65. The molecule has 23 heavy (non-hydrogen) atoms. The molecule has 120 valence electrons. The zero-order valence-corrected chi connectivity index (χ0v) is 13.8. The van der Waals surface area contributed by atoms with Gasteiger partial charge < -0.3 is 14.0 Å². The van der Waals surface area contributed by atoms with Gasteiger partial charge in [-0.3, -0.25) is 0 Å². The summed E-state index contributed by atoms with van der Waals surface area (Å²) in [4.78, 5) is 4.49. The molecule has 0 unspecified atom stereocenters. The van der Waals surface area contributed by atoms with E-state index in [2.05, 4.69) is 27.8 Å². The van der Waals surface area contributed by atoms with Crippen LogP contribution in [0.4, 0.5) is 0 Å². The number of nitrogens with zero attached hydrogens (tertiary/aromatic N) is 2. The number of hydrogen-bond donors (Lipinski definition) is 0. The molecule has 0 saturated carbocycles. The maximum absolute atomic E-state index is 5.93. The Morgan fingerprint density at radius 2 is 1.83 bits per heavy atom. The third-order valence-corrected chi connectivity index (χ3v) is 3.90. The molecule has 5 heteroatoms. The molecule has 0 aliphatic rings. The highest BCUT2D eigenvalue weighted by Crippen LogP contribution is 2.18. The first-order valence-corrected chi connectivity index (χ1v) is 7.89. The number of hydrogen-bond acceptors (Lipinski definition) is 3. The third kappa shape index (κ3) is 4.10. The van der Waals surface area contributed by atoms with Crippen molar-refractivity contribution in [2.45, 2.75) is 13.2 Å². The molecule has 3 rings (SSSR count). The van der Waals surface area contributed by atoms with Crippen LogP contribution in [0.15, 0.2) is 48.8 Å². The lowest BCUT2D eigenvalue weighted by Crippen LogP contribution is -2.02. The largest absolute Gasteiger partial charge is 0.382 e. The average molecular weight is 331 g/mol. The molecule has 0 spiro atoms. The van der Waals surface area contributed by atoms with E-state index in [1.807, 2.05) is 30.6 Å². The fraction of sp³-hybridized carbons (Fsp3) is 0.278. The number of ether oxygens (including phenoxy) is 2. The summed E-state index contributed by atoms with van der Waals surface area (Å²) in [6.07, 6.45) is 1.87. The van der Waals surface area contributed by atoms with Crippen molar-refractivity contribution in [3.05, 3.63) is 64.9 Å². The van der Waals surface area contributed by atoms with E-state index >= 15 is 0 Å². The average Bonchev–Trinajstić information content (AvgIpc) is 2.96.